The first kappa shape index (κ1) is 12.7. The van der Waals surface area contributed by atoms with Crippen molar-refractivity contribution in [2.45, 2.75) is 6.54 Å². The van der Waals surface area contributed by atoms with Gasteiger partial charge in [0, 0.05) is 12.7 Å². The van der Waals surface area contributed by atoms with E-state index < -0.39 is 5.82 Å². The van der Waals surface area contributed by atoms with Gasteiger partial charge in [0.05, 0.1) is 16.9 Å². The number of ether oxygens (including phenoxy) is 1. The number of benzene rings is 1. The summed E-state index contributed by atoms with van der Waals surface area (Å²) in [5, 5.41) is 3.15. The van der Waals surface area contributed by atoms with E-state index in [-0.39, 0.29) is 5.02 Å². The summed E-state index contributed by atoms with van der Waals surface area (Å²) >= 11 is 5.85. The van der Waals surface area contributed by atoms with Crippen LogP contribution in [0.3, 0.4) is 0 Å². The van der Waals surface area contributed by atoms with Crippen molar-refractivity contribution in [1.29, 1.82) is 0 Å². The van der Waals surface area contributed by atoms with Gasteiger partial charge in [-0.1, -0.05) is 11.6 Å². The molecule has 0 atom stereocenters. The van der Waals surface area contributed by atoms with Gasteiger partial charge in [-0.25, -0.2) is 9.37 Å². The van der Waals surface area contributed by atoms with Crippen LogP contribution in [0.5, 0.6) is 11.6 Å². The number of aromatic nitrogens is 2. The Morgan fingerprint density at radius 2 is 2.22 bits per heavy atom. The lowest BCUT2D eigenvalue weighted by atomic mass is 10.3. The predicted molar refractivity (Wildman–Crippen MR) is 66.3 cm³/mol. The third kappa shape index (κ3) is 3.15. The van der Waals surface area contributed by atoms with Crippen LogP contribution in [-0.4, -0.2) is 17.0 Å². The van der Waals surface area contributed by atoms with Crippen LogP contribution in [0.4, 0.5) is 4.39 Å². The van der Waals surface area contributed by atoms with Gasteiger partial charge < -0.3 is 10.1 Å². The first-order valence-corrected chi connectivity index (χ1v) is 5.65. The first-order chi connectivity index (χ1) is 8.69. The van der Waals surface area contributed by atoms with E-state index in [2.05, 4.69) is 15.3 Å². The van der Waals surface area contributed by atoms with Gasteiger partial charge in [-0.15, -0.1) is 0 Å². The van der Waals surface area contributed by atoms with Crippen LogP contribution >= 0.6 is 11.6 Å². The molecule has 0 saturated heterocycles. The average molecular weight is 268 g/mol. The summed E-state index contributed by atoms with van der Waals surface area (Å²) in [7, 11) is 1.81. The van der Waals surface area contributed by atoms with Gasteiger partial charge >= 0.3 is 0 Å². The van der Waals surface area contributed by atoms with Crippen LogP contribution in [0.2, 0.25) is 5.02 Å². The molecule has 0 aliphatic heterocycles. The van der Waals surface area contributed by atoms with Gasteiger partial charge in [-0.05, 0) is 25.2 Å². The highest BCUT2D eigenvalue weighted by atomic mass is 35.5. The highest BCUT2D eigenvalue weighted by molar-refractivity contribution is 6.32. The molecule has 18 heavy (non-hydrogen) atoms. The number of rotatable bonds is 4. The summed E-state index contributed by atoms with van der Waals surface area (Å²) in [5.74, 6) is 0.243. The monoisotopic (exact) mass is 267 g/mol. The normalized spacial score (nSPS) is 10.4. The minimum atomic E-state index is -0.414. The lowest BCUT2D eigenvalue weighted by Gasteiger charge is -2.07. The zero-order valence-corrected chi connectivity index (χ0v) is 10.4. The Kier molecular flexibility index (Phi) is 4.07. The van der Waals surface area contributed by atoms with Crippen molar-refractivity contribution in [2.24, 2.45) is 0 Å². The molecule has 0 amide bonds. The lowest BCUT2D eigenvalue weighted by molar-refractivity contribution is 0.455. The fourth-order valence-electron chi connectivity index (χ4n) is 1.37. The molecule has 0 saturated carbocycles. The maximum Gasteiger partial charge on any atom is 0.238 e. The average Bonchev–Trinajstić information content (AvgIpc) is 2.34. The molecule has 0 bridgehead atoms. The van der Waals surface area contributed by atoms with E-state index in [0.717, 1.165) is 5.69 Å². The zero-order valence-electron chi connectivity index (χ0n) is 9.65. The van der Waals surface area contributed by atoms with Crippen LogP contribution in [0.1, 0.15) is 5.69 Å². The van der Waals surface area contributed by atoms with E-state index in [1.165, 1.54) is 24.4 Å². The van der Waals surface area contributed by atoms with Gasteiger partial charge in [0.1, 0.15) is 11.6 Å². The van der Waals surface area contributed by atoms with Gasteiger partial charge in [-0.2, -0.15) is 0 Å². The second-order valence-corrected chi connectivity index (χ2v) is 3.96. The Hall–Kier alpha value is -1.72. The second-order valence-electron chi connectivity index (χ2n) is 3.56. The fraction of sp³-hybridized carbons (Fsp3) is 0.167. The summed E-state index contributed by atoms with van der Waals surface area (Å²) in [6.45, 7) is 0.585. The van der Waals surface area contributed by atoms with Crippen LogP contribution < -0.4 is 10.1 Å². The molecule has 2 aromatic rings. The van der Waals surface area contributed by atoms with Crippen LogP contribution in [0.25, 0.3) is 0 Å². The van der Waals surface area contributed by atoms with E-state index in [1.807, 2.05) is 7.05 Å². The molecule has 2 rings (SSSR count). The summed E-state index contributed by atoms with van der Waals surface area (Å²) in [6, 6.07) is 3.90. The Bertz CT molecular complexity index is 551. The second kappa shape index (κ2) is 5.75. The molecule has 94 valence electrons. The molecule has 0 unspecified atom stereocenters. The van der Waals surface area contributed by atoms with Crippen molar-refractivity contribution in [3.8, 4) is 11.6 Å². The Morgan fingerprint density at radius 3 is 2.94 bits per heavy atom. The van der Waals surface area contributed by atoms with Gasteiger partial charge in [0.2, 0.25) is 5.88 Å². The fourth-order valence-corrected chi connectivity index (χ4v) is 1.58. The molecule has 6 heteroatoms. The van der Waals surface area contributed by atoms with Gasteiger partial charge in [-0.3, -0.25) is 4.98 Å². The molecule has 0 aliphatic rings. The number of hydrogen-bond acceptors (Lipinski definition) is 4. The molecule has 0 aliphatic carbocycles. The first-order valence-electron chi connectivity index (χ1n) is 5.27. The Morgan fingerprint density at radius 1 is 1.39 bits per heavy atom. The predicted octanol–water partition coefficient (Wildman–Crippen LogP) is 2.78. The number of nitrogens with one attached hydrogen (secondary N) is 1. The van der Waals surface area contributed by atoms with Crippen LogP contribution in [-0.2, 0) is 6.54 Å². The van der Waals surface area contributed by atoms with Crippen molar-refractivity contribution < 1.29 is 9.13 Å². The van der Waals surface area contributed by atoms with Gasteiger partial charge in [0.15, 0.2) is 0 Å². The Labute approximate surface area is 109 Å². The van der Waals surface area contributed by atoms with E-state index >= 15 is 0 Å². The molecule has 1 N–H and O–H groups in total. The maximum atomic E-state index is 12.9. The number of nitrogens with zero attached hydrogens (tertiary/aromatic N) is 2. The number of halogens is 2. The third-order valence-corrected chi connectivity index (χ3v) is 2.42. The molecular formula is C12H11ClFN3O. The van der Waals surface area contributed by atoms with Crippen LogP contribution in [0.15, 0.2) is 30.6 Å². The largest absolute Gasteiger partial charge is 0.436 e. The van der Waals surface area contributed by atoms with Crippen molar-refractivity contribution in [3.63, 3.8) is 0 Å². The summed E-state index contributed by atoms with van der Waals surface area (Å²) in [4.78, 5) is 8.22. The standard InChI is InChI=1S/C12H11ClFN3O/c1-15-5-9-6-16-7-12(17-9)18-11-3-2-8(14)4-10(11)13/h2-4,6-7,15H,5H2,1H3. The number of hydrogen-bond donors (Lipinski definition) is 1. The summed E-state index contributed by atoms with van der Waals surface area (Å²) in [5.41, 5.74) is 0.744. The minimum absolute atomic E-state index is 0.191. The minimum Gasteiger partial charge on any atom is -0.436 e. The topological polar surface area (TPSA) is 47.0 Å². The van der Waals surface area contributed by atoms with Crippen molar-refractivity contribution in [3.05, 3.63) is 47.1 Å². The molecule has 1 aromatic heterocycles. The van der Waals surface area contributed by atoms with E-state index in [1.54, 1.807) is 6.20 Å². The highest BCUT2D eigenvalue weighted by Gasteiger charge is 2.06. The van der Waals surface area contributed by atoms with Crippen molar-refractivity contribution in [2.75, 3.05) is 7.05 Å². The highest BCUT2D eigenvalue weighted by Crippen LogP contribution is 2.28. The molecule has 1 heterocycles. The Balaban J connectivity index is 2.20. The maximum absolute atomic E-state index is 12.9. The van der Waals surface area contributed by atoms with Gasteiger partial charge in [0.25, 0.3) is 0 Å². The third-order valence-electron chi connectivity index (χ3n) is 2.13. The molecule has 0 radical (unpaired) electrons. The molecule has 0 spiro atoms. The SMILES string of the molecule is CNCc1cncc(Oc2ccc(F)cc2Cl)n1. The van der Waals surface area contributed by atoms with Crippen molar-refractivity contribution in [1.82, 2.24) is 15.3 Å². The van der Waals surface area contributed by atoms with Crippen molar-refractivity contribution >= 4 is 11.6 Å². The van der Waals surface area contributed by atoms with Crippen LogP contribution in [0, 0.1) is 5.82 Å². The molecule has 4 nitrogen and oxygen atoms in total. The smallest absolute Gasteiger partial charge is 0.238 e. The molecular weight excluding hydrogens is 257 g/mol. The quantitative estimate of drug-likeness (QED) is 0.925. The molecule has 1 aromatic carbocycles. The summed E-state index contributed by atoms with van der Waals surface area (Å²) in [6.07, 6.45) is 3.11. The molecule has 0 fully saturated rings. The van der Waals surface area contributed by atoms with E-state index in [0.29, 0.717) is 18.2 Å². The van der Waals surface area contributed by atoms with E-state index in [9.17, 15) is 4.39 Å². The zero-order chi connectivity index (χ0) is 13.0. The summed E-state index contributed by atoms with van der Waals surface area (Å²) < 4.78 is 18.3. The lowest BCUT2D eigenvalue weighted by Crippen LogP contribution is -2.07. The van der Waals surface area contributed by atoms with E-state index in [4.69, 9.17) is 16.3 Å².